The lowest BCUT2D eigenvalue weighted by molar-refractivity contribution is -0.146. The quantitative estimate of drug-likeness (QED) is 0.0612. The minimum atomic E-state index is -0.145. The van der Waals surface area contributed by atoms with Gasteiger partial charge in [-0.05, 0) is 12.8 Å². The molecule has 0 N–H and O–H groups in total. The third-order valence-electron chi connectivity index (χ3n) is 6.69. The van der Waals surface area contributed by atoms with Crippen molar-refractivity contribution in [2.24, 2.45) is 0 Å². The number of hydrogen-bond acceptors (Lipinski definition) is 7. The molecule has 0 aliphatic heterocycles. The van der Waals surface area contributed by atoms with E-state index in [0.29, 0.717) is 52.5 Å². The average Bonchev–Trinajstić information content (AvgIpc) is 2.93. The molecule has 0 amide bonds. The molecule has 0 aliphatic carbocycles. The molecule has 0 saturated heterocycles. The first-order chi connectivity index (χ1) is 19.2. The van der Waals surface area contributed by atoms with E-state index < -0.39 is 0 Å². The Bertz CT molecular complexity index is 513. The topological polar surface area (TPSA) is 80.3 Å². The van der Waals surface area contributed by atoms with Crippen molar-refractivity contribution in [3.63, 3.8) is 0 Å². The van der Waals surface area contributed by atoms with Gasteiger partial charge in [-0.25, -0.2) is 0 Å². The first kappa shape index (κ1) is 37.8. The number of rotatable bonds is 32. The summed E-state index contributed by atoms with van der Waals surface area (Å²) in [7, 11) is 0. The van der Waals surface area contributed by atoms with Gasteiger partial charge in [0.1, 0.15) is 13.2 Å². The van der Waals surface area contributed by atoms with Crippen LogP contribution in [0.15, 0.2) is 0 Å². The molecule has 39 heavy (non-hydrogen) atoms. The summed E-state index contributed by atoms with van der Waals surface area (Å²) in [4.78, 5) is 23.4. The van der Waals surface area contributed by atoms with Crippen LogP contribution in [0.2, 0.25) is 0 Å². The zero-order valence-corrected chi connectivity index (χ0v) is 25.7. The third kappa shape index (κ3) is 32.9. The molecular formula is C32H62O7. The molecule has 0 radical (unpaired) electrons. The van der Waals surface area contributed by atoms with Crippen LogP contribution in [0, 0.1) is 0 Å². The van der Waals surface area contributed by atoms with E-state index in [9.17, 15) is 9.59 Å². The van der Waals surface area contributed by atoms with Gasteiger partial charge in [-0.15, -0.1) is 0 Å². The van der Waals surface area contributed by atoms with Crippen LogP contribution in [0.3, 0.4) is 0 Å². The molecule has 0 heterocycles. The predicted octanol–water partition coefficient (Wildman–Crippen LogP) is 7.96. The van der Waals surface area contributed by atoms with Gasteiger partial charge in [-0.3, -0.25) is 9.59 Å². The fraction of sp³-hybridized carbons (Fsp3) is 0.938. The molecule has 0 saturated carbocycles. The smallest absolute Gasteiger partial charge is 0.305 e. The van der Waals surface area contributed by atoms with E-state index in [-0.39, 0.29) is 25.2 Å². The van der Waals surface area contributed by atoms with Crippen LogP contribution < -0.4 is 0 Å². The number of unbranched alkanes of at least 4 members (excludes halogenated alkanes) is 16. The van der Waals surface area contributed by atoms with E-state index in [2.05, 4.69) is 13.8 Å². The maximum Gasteiger partial charge on any atom is 0.305 e. The molecule has 0 aliphatic rings. The van der Waals surface area contributed by atoms with E-state index in [1.54, 1.807) is 0 Å². The Balaban J connectivity index is 3.20. The molecule has 0 aromatic carbocycles. The summed E-state index contributed by atoms with van der Waals surface area (Å²) in [5, 5.41) is 0. The lowest BCUT2D eigenvalue weighted by atomic mass is 10.0. The van der Waals surface area contributed by atoms with Crippen LogP contribution >= 0.6 is 0 Å². The van der Waals surface area contributed by atoms with Crippen molar-refractivity contribution in [2.75, 3.05) is 52.9 Å². The van der Waals surface area contributed by atoms with Crippen molar-refractivity contribution in [1.29, 1.82) is 0 Å². The van der Waals surface area contributed by atoms with Crippen molar-refractivity contribution < 1.29 is 33.3 Å². The summed E-state index contributed by atoms with van der Waals surface area (Å²) in [6.45, 7) is 7.60. The average molecular weight is 559 g/mol. The second kappa shape index (κ2) is 33.0. The van der Waals surface area contributed by atoms with Gasteiger partial charge >= 0.3 is 11.9 Å². The Kier molecular flexibility index (Phi) is 32.0. The molecule has 0 spiro atoms. The Morgan fingerprint density at radius 2 is 0.615 bits per heavy atom. The van der Waals surface area contributed by atoms with Crippen LogP contribution in [0.1, 0.15) is 142 Å². The molecule has 7 heteroatoms. The van der Waals surface area contributed by atoms with Crippen molar-refractivity contribution in [3.05, 3.63) is 0 Å². The van der Waals surface area contributed by atoms with E-state index in [1.165, 1.54) is 89.9 Å². The normalized spacial score (nSPS) is 11.1. The standard InChI is InChI=1S/C32H62O7/c1-3-5-7-9-10-11-12-13-14-15-16-18-20-22-32(34)39-30-28-37-26-24-35-23-25-36-27-29-38-31(33)21-19-17-8-6-4-2/h3-30H2,1-2H3. The number of carbonyl (C=O) groups excluding carboxylic acids is 2. The summed E-state index contributed by atoms with van der Waals surface area (Å²) in [6, 6.07) is 0. The minimum absolute atomic E-state index is 0.132. The Morgan fingerprint density at radius 3 is 0.923 bits per heavy atom. The summed E-state index contributed by atoms with van der Waals surface area (Å²) >= 11 is 0. The van der Waals surface area contributed by atoms with E-state index >= 15 is 0 Å². The monoisotopic (exact) mass is 558 g/mol. The number of carbonyl (C=O) groups is 2. The lowest BCUT2D eigenvalue weighted by Gasteiger charge is -2.08. The highest BCUT2D eigenvalue weighted by Crippen LogP contribution is 2.13. The van der Waals surface area contributed by atoms with Gasteiger partial charge in [-0.1, -0.05) is 117 Å². The molecule has 0 rings (SSSR count). The Hall–Kier alpha value is -1.18. The molecule has 0 atom stereocenters. The predicted molar refractivity (Wildman–Crippen MR) is 158 cm³/mol. The van der Waals surface area contributed by atoms with Gasteiger partial charge in [0.25, 0.3) is 0 Å². The lowest BCUT2D eigenvalue weighted by Crippen LogP contribution is -2.15. The van der Waals surface area contributed by atoms with E-state index in [1.807, 2.05) is 0 Å². The van der Waals surface area contributed by atoms with Gasteiger partial charge in [-0.2, -0.15) is 0 Å². The van der Waals surface area contributed by atoms with Crippen LogP contribution in [0.25, 0.3) is 0 Å². The Labute approximate surface area is 240 Å². The largest absolute Gasteiger partial charge is 0.463 e. The fourth-order valence-corrected chi connectivity index (χ4v) is 4.28. The third-order valence-corrected chi connectivity index (χ3v) is 6.69. The van der Waals surface area contributed by atoms with Crippen LogP contribution in [-0.4, -0.2) is 64.8 Å². The first-order valence-corrected chi connectivity index (χ1v) is 16.2. The highest BCUT2D eigenvalue weighted by Gasteiger charge is 2.04. The van der Waals surface area contributed by atoms with Crippen LogP contribution in [0.4, 0.5) is 0 Å². The number of ether oxygens (including phenoxy) is 5. The Morgan fingerprint density at radius 1 is 0.359 bits per heavy atom. The SMILES string of the molecule is CCCCCCCCCCCCCCCC(=O)OCCOCCOCCOCCOC(=O)CCCCCCC. The maximum atomic E-state index is 11.8. The molecule has 0 bridgehead atoms. The minimum Gasteiger partial charge on any atom is -0.463 e. The van der Waals surface area contributed by atoms with Crippen LogP contribution in [0.5, 0.6) is 0 Å². The highest BCUT2D eigenvalue weighted by atomic mass is 16.6. The molecule has 0 aromatic rings. The van der Waals surface area contributed by atoms with Crippen molar-refractivity contribution >= 4 is 11.9 Å². The molecule has 232 valence electrons. The second-order valence-electron chi connectivity index (χ2n) is 10.4. The van der Waals surface area contributed by atoms with Gasteiger partial charge in [0.2, 0.25) is 0 Å². The molecule has 7 nitrogen and oxygen atoms in total. The van der Waals surface area contributed by atoms with Crippen LogP contribution in [-0.2, 0) is 33.3 Å². The van der Waals surface area contributed by atoms with E-state index in [4.69, 9.17) is 23.7 Å². The molecule has 0 unspecified atom stereocenters. The zero-order valence-electron chi connectivity index (χ0n) is 25.7. The molecule has 0 aromatic heterocycles. The number of esters is 2. The fourth-order valence-electron chi connectivity index (χ4n) is 4.28. The summed E-state index contributed by atoms with van der Waals surface area (Å²) < 4.78 is 26.6. The molecular weight excluding hydrogens is 496 g/mol. The summed E-state index contributed by atoms with van der Waals surface area (Å²) in [5.74, 6) is -0.276. The zero-order chi connectivity index (χ0) is 28.5. The van der Waals surface area contributed by atoms with Gasteiger partial charge in [0.05, 0.1) is 39.6 Å². The molecule has 0 fully saturated rings. The van der Waals surface area contributed by atoms with Crippen molar-refractivity contribution in [3.8, 4) is 0 Å². The summed E-state index contributed by atoms with van der Waals surface area (Å²) in [6.07, 6.45) is 23.5. The second-order valence-corrected chi connectivity index (χ2v) is 10.4. The van der Waals surface area contributed by atoms with Gasteiger partial charge in [0, 0.05) is 12.8 Å². The first-order valence-electron chi connectivity index (χ1n) is 16.2. The van der Waals surface area contributed by atoms with Crippen molar-refractivity contribution in [2.45, 2.75) is 142 Å². The highest BCUT2D eigenvalue weighted by molar-refractivity contribution is 5.69. The summed E-state index contributed by atoms with van der Waals surface area (Å²) in [5.41, 5.74) is 0. The maximum absolute atomic E-state index is 11.8. The van der Waals surface area contributed by atoms with Crippen molar-refractivity contribution in [1.82, 2.24) is 0 Å². The van der Waals surface area contributed by atoms with Gasteiger partial charge in [0.15, 0.2) is 0 Å². The van der Waals surface area contributed by atoms with Gasteiger partial charge < -0.3 is 23.7 Å². The van der Waals surface area contributed by atoms with E-state index in [0.717, 1.165) is 25.7 Å². The number of hydrogen-bond donors (Lipinski definition) is 0.